The molecule has 1 aliphatic carbocycles. The summed E-state index contributed by atoms with van der Waals surface area (Å²) in [6.45, 7) is 3.13. The molecule has 1 saturated carbocycles. The number of nitrogens with zero attached hydrogens (tertiary/aromatic N) is 2. The summed E-state index contributed by atoms with van der Waals surface area (Å²) < 4.78 is 109. The molecule has 7 nitrogen and oxygen atoms in total. The van der Waals surface area contributed by atoms with Gasteiger partial charge in [0.05, 0.1) is 21.8 Å². The summed E-state index contributed by atoms with van der Waals surface area (Å²) in [5, 5.41) is 1.27. The minimum atomic E-state index is -4.77. The molecule has 0 atom stereocenters. The number of sulfone groups is 1. The lowest BCUT2D eigenvalue weighted by Crippen LogP contribution is -2.45. The Bertz CT molecular complexity index is 1230. The van der Waals surface area contributed by atoms with Crippen molar-refractivity contribution in [3.05, 3.63) is 41.2 Å². The molecule has 0 saturated heterocycles. The van der Waals surface area contributed by atoms with Gasteiger partial charge >= 0.3 is 6.18 Å². The number of sulfonamides is 1. The molecular weight excluding hydrogens is 474 g/mol. The molecule has 0 spiro atoms. The van der Waals surface area contributed by atoms with Crippen molar-refractivity contribution in [1.82, 2.24) is 14.5 Å². The zero-order valence-electron chi connectivity index (χ0n) is 17.6. The van der Waals surface area contributed by atoms with Gasteiger partial charge in [0.15, 0.2) is 0 Å². The van der Waals surface area contributed by atoms with Crippen LogP contribution in [0.15, 0.2) is 34.1 Å². The highest BCUT2D eigenvalue weighted by Crippen LogP contribution is 2.41. The summed E-state index contributed by atoms with van der Waals surface area (Å²) in [6.07, 6.45) is -6.14. The van der Waals surface area contributed by atoms with Gasteiger partial charge in [-0.05, 0) is 57.7 Å². The van der Waals surface area contributed by atoms with Crippen molar-refractivity contribution in [2.24, 2.45) is 7.05 Å². The highest BCUT2D eigenvalue weighted by Gasteiger charge is 2.48. The Labute approximate surface area is 183 Å². The van der Waals surface area contributed by atoms with E-state index in [1.165, 1.54) is 11.6 Å². The second-order valence-electron chi connectivity index (χ2n) is 7.93. The van der Waals surface area contributed by atoms with E-state index in [9.17, 15) is 30.0 Å². The molecule has 0 bridgehead atoms. The Hall–Kier alpha value is -1.99. The van der Waals surface area contributed by atoms with Gasteiger partial charge in [-0.25, -0.2) is 25.9 Å². The number of nitrogens with one attached hydrogen (secondary N) is 1. The number of aryl methyl sites for hydroxylation is 2. The Morgan fingerprint density at radius 1 is 1.12 bits per heavy atom. The molecule has 1 aromatic heterocycles. The maximum absolute atomic E-state index is 15.5. The van der Waals surface area contributed by atoms with Crippen molar-refractivity contribution < 1.29 is 34.4 Å². The van der Waals surface area contributed by atoms with Crippen LogP contribution < -0.4 is 4.72 Å². The fraction of sp³-hybridized carbons (Fsp3) is 0.526. The van der Waals surface area contributed by atoms with Crippen LogP contribution in [0.2, 0.25) is 0 Å². The largest absolute Gasteiger partial charge is 0.416 e. The first-order valence-electron chi connectivity index (χ1n) is 9.72. The number of hydrogen-bond acceptors (Lipinski definition) is 5. The number of alkyl halides is 4. The van der Waals surface area contributed by atoms with Crippen LogP contribution in [0.1, 0.15) is 42.6 Å². The molecule has 178 valence electrons. The van der Waals surface area contributed by atoms with Crippen molar-refractivity contribution in [2.75, 3.05) is 0 Å². The summed E-state index contributed by atoms with van der Waals surface area (Å²) in [6, 6.07) is 2.24. The maximum atomic E-state index is 15.5. The van der Waals surface area contributed by atoms with Crippen LogP contribution in [0.3, 0.4) is 0 Å². The van der Waals surface area contributed by atoms with Crippen molar-refractivity contribution in [3.8, 4) is 0 Å². The highest BCUT2D eigenvalue weighted by molar-refractivity contribution is 7.92. The summed E-state index contributed by atoms with van der Waals surface area (Å²) in [5.74, 6) is 0. The highest BCUT2D eigenvalue weighted by atomic mass is 32.2. The Balaban J connectivity index is 1.78. The van der Waals surface area contributed by atoms with Gasteiger partial charge in [-0.3, -0.25) is 4.68 Å². The van der Waals surface area contributed by atoms with E-state index in [1.54, 1.807) is 14.0 Å². The van der Waals surface area contributed by atoms with Crippen molar-refractivity contribution >= 4 is 19.9 Å². The van der Waals surface area contributed by atoms with Gasteiger partial charge in [-0.2, -0.15) is 18.3 Å². The smallest absolute Gasteiger partial charge is 0.271 e. The first-order chi connectivity index (χ1) is 14.6. The number of hydrogen-bond donors (Lipinski definition) is 1. The summed E-state index contributed by atoms with van der Waals surface area (Å²) >= 11 is 0. The minimum Gasteiger partial charge on any atom is -0.271 e. The number of rotatable bonds is 5. The third kappa shape index (κ3) is 4.42. The number of aromatic nitrogens is 2. The third-order valence-electron chi connectivity index (χ3n) is 5.72. The van der Waals surface area contributed by atoms with E-state index < -0.39 is 60.4 Å². The molecule has 2 aromatic rings. The number of benzene rings is 1. The zero-order valence-corrected chi connectivity index (χ0v) is 19.2. The molecule has 0 amide bonds. The van der Waals surface area contributed by atoms with Crippen molar-refractivity contribution in [3.63, 3.8) is 0 Å². The van der Waals surface area contributed by atoms with Crippen LogP contribution in [0.25, 0.3) is 0 Å². The Morgan fingerprint density at radius 2 is 1.72 bits per heavy atom. The topological polar surface area (TPSA) is 98.1 Å². The van der Waals surface area contributed by atoms with Gasteiger partial charge in [0.1, 0.15) is 4.90 Å². The molecule has 32 heavy (non-hydrogen) atoms. The quantitative estimate of drug-likeness (QED) is 0.639. The lowest BCUT2D eigenvalue weighted by molar-refractivity contribution is -0.137. The molecule has 1 aromatic carbocycles. The summed E-state index contributed by atoms with van der Waals surface area (Å²) in [7, 11) is -7.11. The fourth-order valence-corrected chi connectivity index (χ4v) is 7.39. The first-order valence-corrected chi connectivity index (χ1v) is 12.7. The summed E-state index contributed by atoms with van der Waals surface area (Å²) in [4.78, 5) is -0.746. The van der Waals surface area contributed by atoms with Gasteiger partial charge < -0.3 is 0 Å². The molecule has 13 heteroatoms. The van der Waals surface area contributed by atoms with Crippen LogP contribution in [0, 0.1) is 13.8 Å². The Kier molecular flexibility index (Phi) is 6.24. The lowest BCUT2D eigenvalue weighted by atomic mass is 9.94. The first kappa shape index (κ1) is 24.6. The van der Waals surface area contributed by atoms with E-state index in [1.807, 2.05) is 0 Å². The molecule has 1 aliphatic rings. The van der Waals surface area contributed by atoms with E-state index in [2.05, 4.69) is 9.82 Å². The van der Waals surface area contributed by atoms with Gasteiger partial charge in [0, 0.05) is 13.1 Å². The lowest BCUT2D eigenvalue weighted by Gasteiger charge is -2.33. The van der Waals surface area contributed by atoms with Gasteiger partial charge in [-0.15, -0.1) is 0 Å². The van der Waals surface area contributed by atoms with Crippen LogP contribution in [0.5, 0.6) is 0 Å². The van der Waals surface area contributed by atoms with E-state index in [4.69, 9.17) is 0 Å². The molecule has 0 radical (unpaired) electrons. The monoisotopic (exact) mass is 497 g/mol. The van der Waals surface area contributed by atoms with E-state index in [0.717, 1.165) is 12.1 Å². The molecule has 0 unspecified atom stereocenters. The second-order valence-corrected chi connectivity index (χ2v) is 11.8. The maximum Gasteiger partial charge on any atom is 0.416 e. The van der Waals surface area contributed by atoms with Gasteiger partial charge in [0.25, 0.3) is 0 Å². The van der Waals surface area contributed by atoms with Crippen LogP contribution >= 0.6 is 0 Å². The van der Waals surface area contributed by atoms with Gasteiger partial charge in [-0.1, -0.05) is 6.07 Å². The summed E-state index contributed by atoms with van der Waals surface area (Å²) in [5.41, 5.74) is -0.483. The molecule has 1 fully saturated rings. The fourth-order valence-electron chi connectivity index (χ4n) is 3.91. The van der Waals surface area contributed by atoms with Crippen molar-refractivity contribution in [2.45, 2.75) is 66.5 Å². The van der Waals surface area contributed by atoms with Crippen LogP contribution in [-0.2, 0) is 33.1 Å². The SMILES string of the molecule is Cc1nn(C)c(C)c1S(=O)(=O)NC1CCC(F)(S(=O)(=O)c2cccc(C(F)(F)F)c2)CC1. The van der Waals surface area contributed by atoms with Crippen LogP contribution in [0.4, 0.5) is 17.6 Å². The second kappa shape index (κ2) is 8.10. The average molecular weight is 498 g/mol. The molecule has 1 N–H and O–H groups in total. The number of halogens is 4. The van der Waals surface area contributed by atoms with E-state index in [-0.39, 0.29) is 17.7 Å². The van der Waals surface area contributed by atoms with Crippen molar-refractivity contribution in [1.29, 1.82) is 0 Å². The molecule has 0 aliphatic heterocycles. The van der Waals surface area contributed by atoms with Gasteiger partial charge in [0.2, 0.25) is 24.9 Å². The normalized spacial score (nSPS) is 22.8. The molecule has 3 rings (SSSR count). The Morgan fingerprint density at radius 3 is 2.22 bits per heavy atom. The zero-order chi connectivity index (χ0) is 24.1. The molecular formula is C19H23F4N3O4S2. The van der Waals surface area contributed by atoms with E-state index in [0.29, 0.717) is 23.5 Å². The average Bonchev–Trinajstić information content (AvgIpc) is 2.95. The minimum absolute atomic E-state index is 0.00803. The predicted molar refractivity (Wildman–Crippen MR) is 108 cm³/mol. The third-order valence-corrected chi connectivity index (χ3v) is 9.74. The standard InChI is InChI=1S/C19H23F4N3O4S2/c1-12-17(13(2)26(3)24-12)32(29,30)25-15-7-9-18(20,10-8-15)31(27,28)16-6-4-5-14(11-16)19(21,22)23/h4-6,11,15,25H,7-10H2,1-3H3. The molecule has 1 heterocycles. The van der Waals surface area contributed by atoms with Crippen LogP contribution in [-0.4, -0.2) is 37.7 Å². The van der Waals surface area contributed by atoms with E-state index >= 15 is 4.39 Å². The predicted octanol–water partition coefficient (Wildman–Crippen LogP) is 3.42.